The Morgan fingerprint density at radius 2 is 1.82 bits per heavy atom. The molecule has 0 radical (unpaired) electrons. The lowest BCUT2D eigenvalue weighted by molar-refractivity contribution is -0.124. The summed E-state index contributed by atoms with van der Waals surface area (Å²) in [4.78, 5) is 27.6. The molecule has 1 aliphatic carbocycles. The van der Waals surface area contributed by atoms with Crippen molar-refractivity contribution in [3.05, 3.63) is 89.9 Å². The fraction of sp³-hybridized carbons (Fsp3) is 0.412. The predicted molar refractivity (Wildman–Crippen MR) is 168 cm³/mol. The monoisotopic (exact) mass is 592 g/mol. The second-order valence-electron chi connectivity index (χ2n) is 11.9. The van der Waals surface area contributed by atoms with E-state index in [2.05, 4.69) is 31.8 Å². The second-order valence-corrected chi connectivity index (χ2v) is 11.9. The lowest BCUT2D eigenvalue weighted by atomic mass is 9.73. The Balaban J connectivity index is 1.28. The van der Waals surface area contributed by atoms with Crippen molar-refractivity contribution in [1.29, 1.82) is 5.26 Å². The summed E-state index contributed by atoms with van der Waals surface area (Å²) in [6.07, 6.45) is 10.9. The number of aliphatic hydroxyl groups excluding tert-OH is 1. The van der Waals surface area contributed by atoms with Crippen molar-refractivity contribution < 1.29 is 9.90 Å². The third-order valence-corrected chi connectivity index (χ3v) is 8.62. The molecule has 1 aliphatic rings. The average Bonchev–Trinajstić information content (AvgIpc) is 3.48. The fourth-order valence-corrected chi connectivity index (χ4v) is 5.84. The van der Waals surface area contributed by atoms with Crippen LogP contribution in [0.4, 0.5) is 5.82 Å². The first-order valence-corrected chi connectivity index (χ1v) is 15.3. The van der Waals surface area contributed by atoms with E-state index in [1.807, 2.05) is 75.0 Å². The first-order chi connectivity index (χ1) is 21.3. The Labute approximate surface area is 258 Å². The molecule has 3 aromatic heterocycles. The highest BCUT2D eigenvalue weighted by molar-refractivity contribution is 5.83. The van der Waals surface area contributed by atoms with Gasteiger partial charge < -0.3 is 15.7 Å². The molecule has 1 aromatic carbocycles. The van der Waals surface area contributed by atoms with Crippen LogP contribution in [0.15, 0.2) is 67.3 Å². The molecule has 3 atom stereocenters. The first kappa shape index (κ1) is 30.8. The number of aliphatic hydroxyl groups is 1. The predicted octanol–water partition coefficient (Wildman–Crippen LogP) is 4.77. The molecule has 44 heavy (non-hydrogen) atoms. The molecule has 1 amide bonds. The number of nitriles is 1. The van der Waals surface area contributed by atoms with Gasteiger partial charge in [0.1, 0.15) is 23.3 Å². The van der Waals surface area contributed by atoms with Crippen LogP contribution in [0.1, 0.15) is 68.1 Å². The van der Waals surface area contributed by atoms with Crippen molar-refractivity contribution in [1.82, 2.24) is 30.0 Å². The number of rotatable bonds is 11. The molecule has 5 rings (SSSR count). The number of amides is 1. The first-order valence-electron chi connectivity index (χ1n) is 15.3. The minimum atomic E-state index is -0.589. The van der Waals surface area contributed by atoms with Gasteiger partial charge in [-0.3, -0.25) is 14.5 Å². The summed E-state index contributed by atoms with van der Waals surface area (Å²) in [7, 11) is 1.89. The van der Waals surface area contributed by atoms with E-state index in [-0.39, 0.29) is 23.8 Å². The molecule has 1 fully saturated rings. The number of nitrogens with zero attached hydrogens (tertiary/aromatic N) is 6. The minimum Gasteiger partial charge on any atom is -0.391 e. The SMILES string of the molecule is CC(O)C(C)Nc1nc(CC2CCC(C(C(=O)NCc3ccccc3)c3ccc(-c4cnn(C)c4)cn3)CC2)ncc1C#N. The highest BCUT2D eigenvalue weighted by Crippen LogP contribution is 2.39. The van der Waals surface area contributed by atoms with E-state index in [0.29, 0.717) is 36.1 Å². The molecule has 3 unspecified atom stereocenters. The molecular formula is C34H40N8O2. The van der Waals surface area contributed by atoms with E-state index in [4.69, 9.17) is 4.98 Å². The maximum atomic E-state index is 13.7. The van der Waals surface area contributed by atoms with Crippen LogP contribution < -0.4 is 10.6 Å². The second kappa shape index (κ2) is 14.2. The zero-order valence-corrected chi connectivity index (χ0v) is 25.5. The number of benzene rings is 1. The van der Waals surface area contributed by atoms with Gasteiger partial charge in [-0.2, -0.15) is 10.4 Å². The van der Waals surface area contributed by atoms with Gasteiger partial charge in [0, 0.05) is 43.5 Å². The molecule has 0 spiro atoms. The number of carbonyl (C=O) groups excluding carboxylic acids is 1. The molecule has 10 heteroatoms. The van der Waals surface area contributed by atoms with Gasteiger partial charge in [0.2, 0.25) is 5.91 Å². The molecule has 0 aliphatic heterocycles. The molecule has 3 heterocycles. The third kappa shape index (κ3) is 7.66. The molecule has 4 aromatic rings. The summed E-state index contributed by atoms with van der Waals surface area (Å²) in [5, 5.41) is 30.0. The van der Waals surface area contributed by atoms with Crippen molar-refractivity contribution in [2.45, 2.75) is 70.6 Å². The number of anilines is 1. The van der Waals surface area contributed by atoms with Gasteiger partial charge in [-0.15, -0.1) is 0 Å². The number of pyridine rings is 1. The van der Waals surface area contributed by atoms with E-state index < -0.39 is 6.10 Å². The molecule has 228 valence electrons. The van der Waals surface area contributed by atoms with Gasteiger partial charge in [-0.1, -0.05) is 36.4 Å². The summed E-state index contributed by atoms with van der Waals surface area (Å²) in [5.74, 6) is 1.30. The van der Waals surface area contributed by atoms with Crippen LogP contribution in [0.2, 0.25) is 0 Å². The average molecular weight is 593 g/mol. The highest BCUT2D eigenvalue weighted by atomic mass is 16.3. The van der Waals surface area contributed by atoms with Crippen LogP contribution >= 0.6 is 0 Å². The van der Waals surface area contributed by atoms with E-state index in [1.165, 1.54) is 0 Å². The molecule has 0 saturated heterocycles. The van der Waals surface area contributed by atoms with E-state index in [1.54, 1.807) is 17.8 Å². The zero-order chi connectivity index (χ0) is 31.1. The Hall–Kier alpha value is -4.62. The summed E-state index contributed by atoms with van der Waals surface area (Å²) < 4.78 is 1.76. The summed E-state index contributed by atoms with van der Waals surface area (Å²) >= 11 is 0. The van der Waals surface area contributed by atoms with E-state index >= 15 is 0 Å². The topological polar surface area (TPSA) is 142 Å². The molecule has 1 saturated carbocycles. The van der Waals surface area contributed by atoms with Crippen LogP contribution in [0, 0.1) is 23.2 Å². The lowest BCUT2D eigenvalue weighted by Crippen LogP contribution is -2.35. The summed E-state index contributed by atoms with van der Waals surface area (Å²) in [6, 6.07) is 15.8. The fourth-order valence-electron chi connectivity index (χ4n) is 5.84. The third-order valence-electron chi connectivity index (χ3n) is 8.62. The van der Waals surface area contributed by atoms with Gasteiger partial charge in [-0.25, -0.2) is 9.97 Å². The van der Waals surface area contributed by atoms with Gasteiger partial charge >= 0.3 is 0 Å². The Kier molecular flexibility index (Phi) is 9.97. The Morgan fingerprint density at radius 1 is 1.05 bits per heavy atom. The zero-order valence-electron chi connectivity index (χ0n) is 25.5. The largest absolute Gasteiger partial charge is 0.391 e. The van der Waals surface area contributed by atoms with Gasteiger partial charge in [0.15, 0.2) is 0 Å². The van der Waals surface area contributed by atoms with Crippen LogP contribution in [-0.2, 0) is 24.8 Å². The van der Waals surface area contributed by atoms with Crippen LogP contribution in [0.5, 0.6) is 0 Å². The maximum Gasteiger partial charge on any atom is 0.229 e. The van der Waals surface area contributed by atoms with Crippen LogP contribution in [0.25, 0.3) is 11.1 Å². The number of carbonyl (C=O) groups is 1. The number of nitrogens with one attached hydrogen (secondary N) is 2. The smallest absolute Gasteiger partial charge is 0.229 e. The van der Waals surface area contributed by atoms with Crippen molar-refractivity contribution in [3.63, 3.8) is 0 Å². The quantitative estimate of drug-likeness (QED) is 0.226. The van der Waals surface area contributed by atoms with Crippen LogP contribution in [-0.4, -0.2) is 47.9 Å². The van der Waals surface area contributed by atoms with Crippen LogP contribution in [0.3, 0.4) is 0 Å². The maximum absolute atomic E-state index is 13.7. The standard InChI is InChI=1S/C34H40N8O2/c1-22(23(2)43)40-33-28(16-35)19-37-31(41-33)15-24-9-11-26(12-10-24)32(34(44)38-17-25-7-5-4-6-8-25)30-14-13-27(18-36-30)29-20-39-42(3)21-29/h4-8,13-14,18-24,26,32,43H,9-12,15,17H2,1-3H3,(H,38,44)(H,37,40,41). The number of aromatic nitrogens is 5. The number of hydrogen-bond acceptors (Lipinski definition) is 8. The van der Waals surface area contributed by atoms with Crippen molar-refractivity contribution >= 4 is 11.7 Å². The lowest BCUT2D eigenvalue weighted by Gasteiger charge is -2.33. The van der Waals surface area contributed by atoms with Crippen molar-refractivity contribution in [2.75, 3.05) is 5.32 Å². The molecule has 10 nitrogen and oxygen atoms in total. The minimum absolute atomic E-state index is 0.00250. The number of aryl methyl sites for hydroxylation is 1. The van der Waals surface area contributed by atoms with Crippen molar-refractivity contribution in [2.24, 2.45) is 18.9 Å². The van der Waals surface area contributed by atoms with E-state index in [9.17, 15) is 15.2 Å². The van der Waals surface area contributed by atoms with Crippen molar-refractivity contribution in [3.8, 4) is 17.2 Å². The Morgan fingerprint density at radius 3 is 2.45 bits per heavy atom. The van der Waals surface area contributed by atoms with Gasteiger partial charge in [0.25, 0.3) is 0 Å². The van der Waals surface area contributed by atoms with Gasteiger partial charge in [0.05, 0.1) is 36.2 Å². The highest BCUT2D eigenvalue weighted by Gasteiger charge is 2.34. The molecule has 3 N–H and O–H groups in total. The van der Waals surface area contributed by atoms with E-state index in [0.717, 1.165) is 48.1 Å². The van der Waals surface area contributed by atoms with Gasteiger partial charge in [-0.05, 0) is 63.0 Å². The summed E-state index contributed by atoms with van der Waals surface area (Å²) in [5.41, 5.74) is 4.15. The Bertz CT molecular complexity index is 1570. The number of hydrogen-bond donors (Lipinski definition) is 3. The molecule has 0 bridgehead atoms. The summed E-state index contributed by atoms with van der Waals surface area (Å²) in [6.45, 7) is 4.02. The normalized spacial score (nSPS) is 18.5. The molecular weight excluding hydrogens is 552 g/mol.